The summed E-state index contributed by atoms with van der Waals surface area (Å²) >= 11 is 0. The maximum atomic E-state index is 11.2. The van der Waals surface area contributed by atoms with Gasteiger partial charge in [0.25, 0.3) is 0 Å². The minimum absolute atomic E-state index is 0.238. The lowest BCUT2D eigenvalue weighted by atomic mass is 9.80. The lowest BCUT2D eigenvalue weighted by molar-refractivity contribution is 0.0583. The predicted octanol–water partition coefficient (Wildman–Crippen LogP) is 4.33. The van der Waals surface area contributed by atoms with Crippen LogP contribution in [0.3, 0.4) is 0 Å². The van der Waals surface area contributed by atoms with Crippen molar-refractivity contribution in [1.82, 2.24) is 0 Å². The van der Waals surface area contributed by atoms with Gasteiger partial charge in [0, 0.05) is 7.11 Å². The number of ether oxygens (including phenoxy) is 2. The predicted molar refractivity (Wildman–Crippen MR) is 99.7 cm³/mol. The maximum absolute atomic E-state index is 11.2. The smallest absolute Gasteiger partial charge is 0.335 e. The monoisotopic (exact) mass is 348 g/mol. The third-order valence-electron chi connectivity index (χ3n) is 4.52. The molecular weight excluding hydrogens is 328 g/mol. The topological polar surface area (TPSA) is 55.8 Å². The zero-order chi connectivity index (χ0) is 18.6. The van der Waals surface area contributed by atoms with Gasteiger partial charge >= 0.3 is 5.97 Å². The van der Waals surface area contributed by atoms with Crippen LogP contribution in [0.25, 0.3) is 0 Å². The Labute approximate surface area is 152 Å². The van der Waals surface area contributed by atoms with Gasteiger partial charge in [0.2, 0.25) is 0 Å². The van der Waals surface area contributed by atoms with Crippen LogP contribution in [0.4, 0.5) is 0 Å². The first kappa shape index (κ1) is 17.7. The lowest BCUT2D eigenvalue weighted by Gasteiger charge is -2.34. The van der Waals surface area contributed by atoms with Gasteiger partial charge in [-0.15, -0.1) is 0 Å². The van der Waals surface area contributed by atoms with Crippen molar-refractivity contribution in [3.05, 3.63) is 101 Å². The lowest BCUT2D eigenvalue weighted by Crippen LogP contribution is -2.31. The van der Waals surface area contributed by atoms with Crippen molar-refractivity contribution in [2.24, 2.45) is 0 Å². The van der Waals surface area contributed by atoms with E-state index in [1.807, 2.05) is 54.6 Å². The molecule has 0 spiro atoms. The number of methoxy groups -OCH3 is 2. The van der Waals surface area contributed by atoms with E-state index in [1.54, 1.807) is 38.5 Å². The second-order valence-corrected chi connectivity index (χ2v) is 5.86. The Kier molecular flexibility index (Phi) is 5.05. The summed E-state index contributed by atoms with van der Waals surface area (Å²) in [6, 6.07) is 24.3. The van der Waals surface area contributed by atoms with Crippen LogP contribution in [-0.4, -0.2) is 25.3 Å². The Morgan fingerprint density at radius 3 is 1.73 bits per heavy atom. The van der Waals surface area contributed by atoms with Crippen molar-refractivity contribution in [3.8, 4) is 5.75 Å². The van der Waals surface area contributed by atoms with E-state index >= 15 is 0 Å². The zero-order valence-corrected chi connectivity index (χ0v) is 14.7. The summed E-state index contributed by atoms with van der Waals surface area (Å²) in [5, 5.41) is 9.18. The van der Waals surface area contributed by atoms with E-state index in [9.17, 15) is 9.90 Å². The van der Waals surface area contributed by atoms with Crippen molar-refractivity contribution < 1.29 is 19.4 Å². The summed E-state index contributed by atoms with van der Waals surface area (Å²) in [6.45, 7) is 0. The molecular formula is C22H20O4. The van der Waals surface area contributed by atoms with Crippen LogP contribution >= 0.6 is 0 Å². The molecule has 0 fully saturated rings. The Balaban J connectivity index is 2.22. The van der Waals surface area contributed by atoms with E-state index in [0.717, 1.165) is 22.4 Å². The van der Waals surface area contributed by atoms with Gasteiger partial charge in [-0.1, -0.05) is 54.6 Å². The normalized spacial score (nSPS) is 13.0. The second kappa shape index (κ2) is 7.42. The minimum Gasteiger partial charge on any atom is -0.497 e. The molecule has 0 saturated heterocycles. The molecule has 0 aromatic heterocycles. The molecule has 0 amide bonds. The molecule has 0 radical (unpaired) electrons. The highest BCUT2D eigenvalue weighted by Gasteiger charge is 2.36. The fourth-order valence-corrected chi connectivity index (χ4v) is 3.20. The van der Waals surface area contributed by atoms with Gasteiger partial charge in [-0.2, -0.15) is 0 Å². The third kappa shape index (κ3) is 3.07. The number of rotatable bonds is 6. The molecule has 1 atom stereocenters. The Bertz CT molecular complexity index is 870. The number of hydrogen-bond acceptors (Lipinski definition) is 3. The van der Waals surface area contributed by atoms with Crippen molar-refractivity contribution in [3.63, 3.8) is 0 Å². The first-order valence-corrected chi connectivity index (χ1v) is 8.21. The average molecular weight is 348 g/mol. The number of hydrogen-bond donors (Lipinski definition) is 1. The molecule has 0 aliphatic carbocycles. The fraction of sp³-hybridized carbons (Fsp3) is 0.136. The Morgan fingerprint density at radius 2 is 1.27 bits per heavy atom. The summed E-state index contributed by atoms with van der Waals surface area (Å²) in [4.78, 5) is 11.2. The summed E-state index contributed by atoms with van der Waals surface area (Å²) in [7, 11) is 3.28. The Hall–Kier alpha value is -3.11. The fourth-order valence-electron chi connectivity index (χ4n) is 3.20. The van der Waals surface area contributed by atoms with Crippen molar-refractivity contribution in [1.29, 1.82) is 0 Å². The quantitative estimate of drug-likeness (QED) is 0.674. The molecule has 132 valence electrons. The first-order valence-electron chi connectivity index (χ1n) is 8.21. The number of carboxylic acid groups (broad SMARTS) is 1. The van der Waals surface area contributed by atoms with Crippen LogP contribution in [0, 0.1) is 0 Å². The number of benzene rings is 3. The molecule has 3 aromatic carbocycles. The summed E-state index contributed by atoms with van der Waals surface area (Å²) in [5.74, 6) is -0.197. The Morgan fingerprint density at radius 1 is 0.769 bits per heavy atom. The van der Waals surface area contributed by atoms with Gasteiger partial charge in [0.15, 0.2) is 0 Å². The van der Waals surface area contributed by atoms with E-state index in [1.165, 1.54) is 0 Å². The van der Waals surface area contributed by atoms with E-state index in [4.69, 9.17) is 9.47 Å². The van der Waals surface area contributed by atoms with E-state index in [0.29, 0.717) is 0 Å². The highest BCUT2D eigenvalue weighted by molar-refractivity contribution is 5.87. The molecule has 3 aromatic rings. The summed E-state index contributed by atoms with van der Waals surface area (Å²) in [6.07, 6.45) is 0. The molecule has 4 nitrogen and oxygen atoms in total. The van der Waals surface area contributed by atoms with Crippen molar-refractivity contribution >= 4 is 5.97 Å². The average Bonchev–Trinajstić information content (AvgIpc) is 2.71. The maximum Gasteiger partial charge on any atom is 0.335 e. The molecule has 0 aliphatic rings. The molecule has 0 bridgehead atoms. The van der Waals surface area contributed by atoms with Gasteiger partial charge in [-0.05, 0) is 41.0 Å². The molecule has 4 heteroatoms. The van der Waals surface area contributed by atoms with E-state index in [-0.39, 0.29) is 5.56 Å². The van der Waals surface area contributed by atoms with Gasteiger partial charge in [0.05, 0.1) is 12.7 Å². The van der Waals surface area contributed by atoms with Crippen LogP contribution in [0.5, 0.6) is 5.75 Å². The summed E-state index contributed by atoms with van der Waals surface area (Å²) < 4.78 is 11.3. The number of aromatic carboxylic acids is 1. The number of carboxylic acids is 1. The molecule has 0 heterocycles. The van der Waals surface area contributed by atoms with Crippen LogP contribution in [0.15, 0.2) is 78.9 Å². The van der Waals surface area contributed by atoms with Crippen molar-refractivity contribution in [2.45, 2.75) is 5.60 Å². The number of carbonyl (C=O) groups is 1. The zero-order valence-electron chi connectivity index (χ0n) is 14.7. The second-order valence-electron chi connectivity index (χ2n) is 5.86. The van der Waals surface area contributed by atoms with Gasteiger partial charge < -0.3 is 14.6 Å². The largest absolute Gasteiger partial charge is 0.497 e. The molecule has 26 heavy (non-hydrogen) atoms. The standard InChI is InChI=1S/C22H20O4/c1-25-20-14-12-19(13-15-20)22(26-2,17-6-4-3-5-7-17)18-10-8-16(9-11-18)21(23)24/h3-15H,1-2H3,(H,23,24). The van der Waals surface area contributed by atoms with E-state index in [2.05, 4.69) is 0 Å². The first-order chi connectivity index (χ1) is 12.6. The van der Waals surface area contributed by atoms with Crippen LogP contribution in [0.2, 0.25) is 0 Å². The summed E-state index contributed by atoms with van der Waals surface area (Å²) in [5.41, 5.74) is 2.11. The highest BCUT2D eigenvalue weighted by atomic mass is 16.5. The highest BCUT2D eigenvalue weighted by Crippen LogP contribution is 2.40. The van der Waals surface area contributed by atoms with Gasteiger partial charge in [-0.25, -0.2) is 4.79 Å². The van der Waals surface area contributed by atoms with Gasteiger partial charge in [0.1, 0.15) is 11.4 Å². The molecule has 1 N–H and O–H groups in total. The SMILES string of the molecule is COc1ccc(C(OC)(c2ccccc2)c2ccc(C(=O)O)cc2)cc1. The van der Waals surface area contributed by atoms with E-state index < -0.39 is 11.6 Å². The van der Waals surface area contributed by atoms with Crippen LogP contribution in [-0.2, 0) is 10.3 Å². The van der Waals surface area contributed by atoms with Crippen LogP contribution < -0.4 is 4.74 Å². The molecule has 0 saturated carbocycles. The van der Waals surface area contributed by atoms with Gasteiger partial charge in [-0.3, -0.25) is 0 Å². The molecule has 0 aliphatic heterocycles. The molecule has 1 unspecified atom stereocenters. The van der Waals surface area contributed by atoms with Crippen molar-refractivity contribution in [2.75, 3.05) is 14.2 Å². The molecule has 3 rings (SSSR count). The van der Waals surface area contributed by atoms with Crippen LogP contribution in [0.1, 0.15) is 27.0 Å². The third-order valence-corrected chi connectivity index (χ3v) is 4.52. The minimum atomic E-state index is -0.955.